The molecule has 1 aromatic carbocycles. The average molecular weight is 192 g/mol. The van der Waals surface area contributed by atoms with Crippen molar-refractivity contribution in [3.05, 3.63) is 29.8 Å². The van der Waals surface area contributed by atoms with E-state index in [0.717, 1.165) is 25.3 Å². The van der Waals surface area contributed by atoms with Gasteiger partial charge in [-0.2, -0.15) is 0 Å². The van der Waals surface area contributed by atoms with Gasteiger partial charge in [0.05, 0.1) is 7.11 Å². The first-order valence-electron chi connectivity index (χ1n) is 4.93. The molecule has 0 radical (unpaired) electrons. The molecular formula is C11H16N2O. The SMILES string of the molecule is COc1cccc(C2CCN(N)C2)c1. The highest BCUT2D eigenvalue weighted by Gasteiger charge is 2.21. The van der Waals surface area contributed by atoms with Gasteiger partial charge in [0.15, 0.2) is 0 Å². The second-order valence-electron chi connectivity index (χ2n) is 3.76. The Morgan fingerprint density at radius 2 is 2.36 bits per heavy atom. The van der Waals surface area contributed by atoms with Gasteiger partial charge in [-0.1, -0.05) is 12.1 Å². The van der Waals surface area contributed by atoms with Gasteiger partial charge in [-0.15, -0.1) is 0 Å². The van der Waals surface area contributed by atoms with Crippen LogP contribution in [0.4, 0.5) is 0 Å². The Morgan fingerprint density at radius 1 is 1.50 bits per heavy atom. The molecule has 76 valence electrons. The van der Waals surface area contributed by atoms with Crippen LogP contribution in [0.5, 0.6) is 5.75 Å². The largest absolute Gasteiger partial charge is 0.497 e. The van der Waals surface area contributed by atoms with Crippen LogP contribution in [-0.4, -0.2) is 25.2 Å². The topological polar surface area (TPSA) is 38.5 Å². The molecule has 3 heteroatoms. The van der Waals surface area contributed by atoms with E-state index >= 15 is 0 Å². The Hall–Kier alpha value is -1.06. The summed E-state index contributed by atoms with van der Waals surface area (Å²) < 4.78 is 5.20. The molecule has 1 aliphatic rings. The zero-order valence-corrected chi connectivity index (χ0v) is 8.44. The molecule has 0 amide bonds. The summed E-state index contributed by atoms with van der Waals surface area (Å²) in [6, 6.07) is 8.25. The van der Waals surface area contributed by atoms with E-state index in [4.69, 9.17) is 10.6 Å². The fraction of sp³-hybridized carbons (Fsp3) is 0.455. The molecule has 0 saturated carbocycles. The third-order valence-corrected chi connectivity index (χ3v) is 2.78. The number of hydrogen-bond donors (Lipinski definition) is 1. The number of ether oxygens (including phenoxy) is 1. The first-order valence-corrected chi connectivity index (χ1v) is 4.93. The van der Waals surface area contributed by atoms with E-state index in [-0.39, 0.29) is 0 Å². The summed E-state index contributed by atoms with van der Waals surface area (Å²) in [5.41, 5.74) is 1.33. The van der Waals surface area contributed by atoms with Gasteiger partial charge in [0.1, 0.15) is 5.75 Å². The Bertz CT molecular complexity index is 314. The molecule has 1 heterocycles. The summed E-state index contributed by atoms with van der Waals surface area (Å²) in [7, 11) is 1.70. The molecule has 0 aromatic heterocycles. The highest BCUT2D eigenvalue weighted by molar-refractivity contribution is 5.31. The summed E-state index contributed by atoms with van der Waals surface area (Å²) in [6.45, 7) is 1.94. The average Bonchev–Trinajstić information content (AvgIpc) is 2.65. The van der Waals surface area contributed by atoms with Gasteiger partial charge in [0, 0.05) is 13.1 Å². The lowest BCUT2D eigenvalue weighted by Gasteiger charge is -2.11. The van der Waals surface area contributed by atoms with Crippen molar-refractivity contribution in [3.63, 3.8) is 0 Å². The molecular weight excluding hydrogens is 176 g/mol. The van der Waals surface area contributed by atoms with E-state index in [1.54, 1.807) is 7.11 Å². The van der Waals surface area contributed by atoms with Crippen LogP contribution in [0.3, 0.4) is 0 Å². The lowest BCUT2D eigenvalue weighted by Crippen LogP contribution is -2.27. The molecule has 0 spiro atoms. The monoisotopic (exact) mass is 192 g/mol. The Balaban J connectivity index is 2.15. The normalized spacial score (nSPS) is 22.6. The first kappa shape index (κ1) is 9.49. The molecule has 2 rings (SSSR count). The van der Waals surface area contributed by atoms with Gasteiger partial charge in [-0.05, 0) is 30.0 Å². The maximum absolute atomic E-state index is 5.74. The quantitative estimate of drug-likeness (QED) is 0.719. The maximum atomic E-state index is 5.74. The van der Waals surface area contributed by atoms with E-state index in [0.29, 0.717) is 5.92 Å². The Kier molecular flexibility index (Phi) is 2.70. The summed E-state index contributed by atoms with van der Waals surface area (Å²) in [5.74, 6) is 7.23. The van der Waals surface area contributed by atoms with Crippen molar-refractivity contribution in [2.24, 2.45) is 5.84 Å². The smallest absolute Gasteiger partial charge is 0.119 e. The van der Waals surface area contributed by atoms with Crippen molar-refractivity contribution in [1.82, 2.24) is 5.01 Å². The molecule has 1 aromatic rings. The maximum Gasteiger partial charge on any atom is 0.119 e. The predicted octanol–water partition coefficient (Wildman–Crippen LogP) is 1.36. The molecule has 2 N–H and O–H groups in total. The number of hydrogen-bond acceptors (Lipinski definition) is 3. The van der Waals surface area contributed by atoms with Gasteiger partial charge < -0.3 is 4.74 Å². The third-order valence-electron chi connectivity index (χ3n) is 2.78. The highest BCUT2D eigenvalue weighted by atomic mass is 16.5. The second-order valence-corrected chi connectivity index (χ2v) is 3.76. The van der Waals surface area contributed by atoms with Crippen LogP contribution in [0.1, 0.15) is 17.9 Å². The van der Waals surface area contributed by atoms with Gasteiger partial charge in [-0.25, -0.2) is 5.01 Å². The van der Waals surface area contributed by atoms with Gasteiger partial charge in [0.25, 0.3) is 0 Å². The number of rotatable bonds is 2. The minimum absolute atomic E-state index is 0.565. The number of methoxy groups -OCH3 is 1. The van der Waals surface area contributed by atoms with Crippen LogP contribution >= 0.6 is 0 Å². The zero-order valence-electron chi connectivity index (χ0n) is 8.44. The van der Waals surface area contributed by atoms with Gasteiger partial charge >= 0.3 is 0 Å². The molecule has 1 aliphatic heterocycles. The number of nitrogens with zero attached hydrogens (tertiary/aromatic N) is 1. The molecule has 1 unspecified atom stereocenters. The van der Waals surface area contributed by atoms with Crippen molar-refractivity contribution >= 4 is 0 Å². The predicted molar refractivity (Wildman–Crippen MR) is 56.1 cm³/mol. The summed E-state index contributed by atoms with van der Waals surface area (Å²) >= 11 is 0. The second kappa shape index (κ2) is 3.98. The Morgan fingerprint density at radius 3 is 3.00 bits per heavy atom. The Labute approximate surface area is 84.4 Å². The molecule has 14 heavy (non-hydrogen) atoms. The van der Waals surface area contributed by atoms with Crippen LogP contribution in [0.25, 0.3) is 0 Å². The van der Waals surface area contributed by atoms with Crippen LogP contribution in [0.2, 0.25) is 0 Å². The minimum atomic E-state index is 0.565. The van der Waals surface area contributed by atoms with Gasteiger partial charge in [-0.3, -0.25) is 5.84 Å². The van der Waals surface area contributed by atoms with Crippen molar-refractivity contribution in [2.75, 3.05) is 20.2 Å². The molecule has 1 fully saturated rings. The molecule has 1 saturated heterocycles. The number of hydrazine groups is 1. The number of benzene rings is 1. The summed E-state index contributed by atoms with van der Waals surface area (Å²) in [4.78, 5) is 0. The lowest BCUT2D eigenvalue weighted by atomic mass is 9.98. The molecule has 1 atom stereocenters. The van der Waals surface area contributed by atoms with E-state index in [1.165, 1.54) is 5.56 Å². The van der Waals surface area contributed by atoms with Crippen molar-refractivity contribution in [3.8, 4) is 5.75 Å². The van der Waals surface area contributed by atoms with Crippen LogP contribution in [-0.2, 0) is 0 Å². The standard InChI is InChI=1S/C11H16N2O/c1-14-11-4-2-3-9(7-11)10-5-6-13(12)8-10/h2-4,7,10H,5-6,8,12H2,1H3. The fourth-order valence-corrected chi connectivity index (χ4v) is 1.95. The molecule has 3 nitrogen and oxygen atoms in total. The van der Waals surface area contributed by atoms with Crippen LogP contribution in [0, 0.1) is 0 Å². The fourth-order valence-electron chi connectivity index (χ4n) is 1.95. The van der Waals surface area contributed by atoms with Crippen LogP contribution in [0.15, 0.2) is 24.3 Å². The van der Waals surface area contributed by atoms with Gasteiger partial charge in [0.2, 0.25) is 0 Å². The zero-order chi connectivity index (χ0) is 9.97. The van der Waals surface area contributed by atoms with E-state index in [9.17, 15) is 0 Å². The number of nitrogens with two attached hydrogens (primary N) is 1. The lowest BCUT2D eigenvalue weighted by molar-refractivity contribution is 0.349. The van der Waals surface area contributed by atoms with Crippen molar-refractivity contribution in [2.45, 2.75) is 12.3 Å². The highest BCUT2D eigenvalue weighted by Crippen LogP contribution is 2.27. The van der Waals surface area contributed by atoms with E-state index in [1.807, 2.05) is 17.1 Å². The summed E-state index contributed by atoms with van der Waals surface area (Å²) in [5, 5.41) is 1.88. The van der Waals surface area contributed by atoms with Crippen LogP contribution < -0.4 is 10.6 Å². The third kappa shape index (κ3) is 1.89. The molecule has 0 bridgehead atoms. The minimum Gasteiger partial charge on any atom is -0.497 e. The van der Waals surface area contributed by atoms with E-state index in [2.05, 4.69) is 12.1 Å². The van der Waals surface area contributed by atoms with E-state index < -0.39 is 0 Å². The first-order chi connectivity index (χ1) is 6.79. The van der Waals surface area contributed by atoms with Crippen molar-refractivity contribution < 1.29 is 4.74 Å². The summed E-state index contributed by atoms with van der Waals surface area (Å²) in [6.07, 6.45) is 1.14. The van der Waals surface area contributed by atoms with Crippen molar-refractivity contribution in [1.29, 1.82) is 0 Å². The molecule has 0 aliphatic carbocycles.